The van der Waals surface area contributed by atoms with Crippen molar-refractivity contribution in [1.82, 2.24) is 5.43 Å². The van der Waals surface area contributed by atoms with Gasteiger partial charge < -0.3 is 24.3 Å². The van der Waals surface area contributed by atoms with Gasteiger partial charge in [0.15, 0.2) is 11.5 Å². The van der Waals surface area contributed by atoms with Crippen LogP contribution in [0.2, 0.25) is 0 Å². The summed E-state index contributed by atoms with van der Waals surface area (Å²) in [5, 5.41) is 6.26. The van der Waals surface area contributed by atoms with E-state index >= 15 is 0 Å². The molecule has 0 atom stereocenters. The molecule has 2 N–H and O–H groups in total. The number of benzene rings is 3. The van der Waals surface area contributed by atoms with Gasteiger partial charge in [0.25, 0.3) is 0 Å². The van der Waals surface area contributed by atoms with Crippen molar-refractivity contribution in [3.05, 3.63) is 76.3 Å². The maximum absolute atomic E-state index is 12.7. The molecule has 3 aromatic rings. The first kappa shape index (κ1) is 26.2. The molecule has 0 aromatic heterocycles. The Morgan fingerprint density at radius 1 is 0.806 bits per heavy atom. The van der Waals surface area contributed by atoms with E-state index < -0.39 is 17.8 Å². The number of nitrogens with one attached hydrogen (secondary N) is 2. The van der Waals surface area contributed by atoms with Crippen molar-refractivity contribution in [2.24, 2.45) is 5.10 Å². The molecule has 0 radical (unpaired) electrons. The molecule has 0 heterocycles. The number of rotatable bonds is 8. The number of nitrogens with zero attached hydrogens (tertiary/aromatic N) is 1. The summed E-state index contributed by atoms with van der Waals surface area (Å²) < 4.78 is 21.6. The Kier molecular flexibility index (Phi) is 9.01. The van der Waals surface area contributed by atoms with E-state index in [0.29, 0.717) is 33.0 Å². The number of esters is 1. The van der Waals surface area contributed by atoms with E-state index in [1.165, 1.54) is 39.7 Å². The molecule has 36 heavy (non-hydrogen) atoms. The van der Waals surface area contributed by atoms with Crippen LogP contribution in [0.5, 0.6) is 23.0 Å². The second-order valence-corrected chi connectivity index (χ2v) is 7.94. The van der Waals surface area contributed by atoms with Gasteiger partial charge in [0, 0.05) is 15.7 Å². The average Bonchev–Trinajstić information content (AvgIpc) is 2.89. The molecule has 0 saturated carbocycles. The summed E-state index contributed by atoms with van der Waals surface area (Å²) in [5.41, 5.74) is 3.16. The molecule has 11 heteroatoms. The molecular weight excluding hydrogens is 534 g/mol. The van der Waals surface area contributed by atoms with Crippen LogP contribution in [-0.2, 0) is 9.59 Å². The van der Waals surface area contributed by atoms with Gasteiger partial charge in [-0.2, -0.15) is 5.10 Å². The lowest BCUT2D eigenvalue weighted by atomic mass is 10.2. The molecule has 3 aromatic carbocycles. The number of hydrogen-bond donors (Lipinski definition) is 2. The third-order valence-electron chi connectivity index (χ3n) is 4.72. The highest BCUT2D eigenvalue weighted by Gasteiger charge is 2.16. The second kappa shape index (κ2) is 12.4. The van der Waals surface area contributed by atoms with Crippen LogP contribution >= 0.6 is 15.9 Å². The van der Waals surface area contributed by atoms with Gasteiger partial charge in [0.1, 0.15) is 11.5 Å². The van der Waals surface area contributed by atoms with Crippen LogP contribution in [-0.4, -0.2) is 45.3 Å². The molecule has 0 saturated heterocycles. The molecule has 10 nitrogen and oxygen atoms in total. The third-order valence-corrected chi connectivity index (χ3v) is 5.21. The van der Waals surface area contributed by atoms with Crippen molar-refractivity contribution < 1.29 is 33.3 Å². The highest BCUT2D eigenvalue weighted by molar-refractivity contribution is 9.10. The lowest BCUT2D eigenvalue weighted by Gasteiger charge is -2.11. The number of halogens is 1. The van der Waals surface area contributed by atoms with Crippen molar-refractivity contribution in [2.75, 3.05) is 26.6 Å². The van der Waals surface area contributed by atoms with Crippen molar-refractivity contribution in [3.8, 4) is 23.0 Å². The van der Waals surface area contributed by atoms with Gasteiger partial charge in [-0.1, -0.05) is 15.9 Å². The summed E-state index contributed by atoms with van der Waals surface area (Å²) in [6.45, 7) is 0. The number of carbonyl (C=O) groups is 3. The van der Waals surface area contributed by atoms with Crippen LogP contribution in [0.1, 0.15) is 15.9 Å². The molecule has 0 aliphatic heterocycles. The average molecular weight is 556 g/mol. The predicted octanol–water partition coefficient (Wildman–Crippen LogP) is 3.78. The highest BCUT2D eigenvalue weighted by Crippen LogP contribution is 2.29. The van der Waals surface area contributed by atoms with E-state index in [1.54, 1.807) is 48.5 Å². The fourth-order valence-corrected chi connectivity index (χ4v) is 3.29. The lowest BCUT2D eigenvalue weighted by molar-refractivity contribution is -0.136. The predicted molar refractivity (Wildman–Crippen MR) is 136 cm³/mol. The maximum atomic E-state index is 12.7. The van der Waals surface area contributed by atoms with E-state index in [0.717, 1.165) is 0 Å². The standard InChI is InChI=1S/C25H22BrN3O7/c1-33-19-8-6-18(7-9-19)28-23(30)24(31)29-27-14-16-12-17(26)5-11-20(16)36-25(32)15-4-10-21(34-2)22(13-15)35-3/h4-14H,1-3H3,(H,28,30)(H,29,31)/b27-14-. The minimum absolute atomic E-state index is 0.179. The zero-order valence-corrected chi connectivity index (χ0v) is 21.1. The van der Waals surface area contributed by atoms with Crippen LogP contribution in [0.4, 0.5) is 5.69 Å². The van der Waals surface area contributed by atoms with Gasteiger partial charge in [0.05, 0.1) is 33.1 Å². The smallest absolute Gasteiger partial charge is 0.343 e. The van der Waals surface area contributed by atoms with Crippen LogP contribution in [0.3, 0.4) is 0 Å². The van der Waals surface area contributed by atoms with E-state index in [9.17, 15) is 14.4 Å². The third kappa shape index (κ3) is 6.83. The Morgan fingerprint density at radius 2 is 1.50 bits per heavy atom. The second-order valence-electron chi connectivity index (χ2n) is 7.02. The summed E-state index contributed by atoms with van der Waals surface area (Å²) in [4.78, 5) is 36.9. The van der Waals surface area contributed by atoms with Crippen molar-refractivity contribution in [3.63, 3.8) is 0 Å². The fourth-order valence-electron chi connectivity index (χ4n) is 2.91. The number of anilines is 1. The van der Waals surface area contributed by atoms with Gasteiger partial charge >= 0.3 is 17.8 Å². The summed E-state index contributed by atoms with van der Waals surface area (Å²) in [7, 11) is 4.47. The quantitative estimate of drug-likeness (QED) is 0.142. The number of hydrazone groups is 1. The molecule has 2 amide bonds. The number of carbonyl (C=O) groups excluding carboxylic acids is 3. The molecule has 0 aliphatic carbocycles. The summed E-state index contributed by atoms with van der Waals surface area (Å²) in [6.07, 6.45) is 1.25. The van der Waals surface area contributed by atoms with E-state index in [2.05, 4.69) is 31.8 Å². The number of amides is 2. The van der Waals surface area contributed by atoms with Gasteiger partial charge in [0.2, 0.25) is 0 Å². The fraction of sp³-hybridized carbons (Fsp3) is 0.120. The van der Waals surface area contributed by atoms with Crippen LogP contribution in [0.25, 0.3) is 0 Å². The number of methoxy groups -OCH3 is 3. The van der Waals surface area contributed by atoms with Crippen LogP contribution in [0.15, 0.2) is 70.2 Å². The normalized spacial score (nSPS) is 10.4. The first-order valence-electron chi connectivity index (χ1n) is 10.4. The minimum Gasteiger partial charge on any atom is -0.497 e. The van der Waals surface area contributed by atoms with Gasteiger partial charge in [-0.15, -0.1) is 0 Å². The Bertz CT molecular complexity index is 1290. The first-order valence-corrected chi connectivity index (χ1v) is 11.2. The minimum atomic E-state index is -0.985. The van der Waals surface area contributed by atoms with Crippen molar-refractivity contribution >= 4 is 45.6 Å². The molecule has 0 spiro atoms. The summed E-state index contributed by atoms with van der Waals surface area (Å²) >= 11 is 3.34. The van der Waals surface area contributed by atoms with E-state index in [4.69, 9.17) is 18.9 Å². The monoisotopic (exact) mass is 555 g/mol. The number of hydrogen-bond acceptors (Lipinski definition) is 8. The van der Waals surface area contributed by atoms with Gasteiger partial charge in [-0.25, -0.2) is 10.2 Å². The maximum Gasteiger partial charge on any atom is 0.343 e. The SMILES string of the molecule is COc1ccc(NC(=O)C(=O)N/N=C\c2cc(Br)ccc2OC(=O)c2ccc(OC)c(OC)c2)cc1. The molecule has 0 unspecified atom stereocenters. The van der Waals surface area contributed by atoms with Crippen molar-refractivity contribution in [2.45, 2.75) is 0 Å². The first-order chi connectivity index (χ1) is 17.3. The van der Waals surface area contributed by atoms with Gasteiger partial charge in [-0.05, 0) is 60.7 Å². The van der Waals surface area contributed by atoms with Crippen LogP contribution < -0.4 is 29.7 Å². The van der Waals surface area contributed by atoms with Crippen molar-refractivity contribution in [1.29, 1.82) is 0 Å². The van der Waals surface area contributed by atoms with Gasteiger partial charge in [-0.3, -0.25) is 9.59 Å². The van der Waals surface area contributed by atoms with E-state index in [-0.39, 0.29) is 11.3 Å². The summed E-state index contributed by atoms with van der Waals surface area (Å²) in [6, 6.07) is 16.0. The largest absolute Gasteiger partial charge is 0.497 e. The Morgan fingerprint density at radius 3 is 2.17 bits per heavy atom. The molecule has 0 fully saturated rings. The topological polar surface area (TPSA) is 125 Å². The summed E-state index contributed by atoms with van der Waals surface area (Å²) in [5.74, 6) is -0.904. The lowest BCUT2D eigenvalue weighted by Crippen LogP contribution is -2.32. The molecular formula is C25H22BrN3O7. The molecule has 0 bridgehead atoms. The zero-order valence-electron chi connectivity index (χ0n) is 19.5. The zero-order chi connectivity index (χ0) is 26.1. The molecule has 186 valence electrons. The van der Waals surface area contributed by atoms with E-state index in [1.807, 2.05) is 0 Å². The molecule has 3 rings (SSSR count). The Balaban J connectivity index is 1.67. The number of ether oxygens (including phenoxy) is 4. The van der Waals surface area contributed by atoms with Crippen LogP contribution in [0, 0.1) is 0 Å². The highest BCUT2D eigenvalue weighted by atomic mass is 79.9. The Hall–Kier alpha value is -4.38. The Labute approximate surface area is 215 Å². The molecule has 0 aliphatic rings.